The summed E-state index contributed by atoms with van der Waals surface area (Å²) in [5.74, 6) is 0. The lowest BCUT2D eigenvalue weighted by molar-refractivity contribution is 0.0874. The minimum absolute atomic E-state index is 0.361. The molecule has 0 bridgehead atoms. The molecule has 178 valence electrons. The highest BCUT2D eigenvalue weighted by molar-refractivity contribution is 7.91. The normalized spacial score (nSPS) is 18.1. The molecule has 2 heterocycles. The Bertz CT molecular complexity index is 1140. The van der Waals surface area contributed by atoms with Gasteiger partial charge >= 0.3 is 16.2 Å². The van der Waals surface area contributed by atoms with Gasteiger partial charge in [0.15, 0.2) is 0 Å². The number of nitrogens with zero attached hydrogens (tertiary/aromatic N) is 3. The largest absolute Gasteiger partial charge is 0.740 e. The number of aryl methyl sites for hydroxylation is 3. The number of benzene rings is 1. The number of ether oxygens (including phenoxy) is 1. The molecule has 0 spiro atoms. The molecule has 3 aliphatic rings. The lowest BCUT2D eigenvalue weighted by Crippen LogP contribution is -2.51. The van der Waals surface area contributed by atoms with E-state index in [4.69, 9.17) is 4.74 Å². The number of rotatable bonds is 5. The molecule has 1 aromatic heterocycles. The minimum Gasteiger partial charge on any atom is -0.740 e. The number of aromatic nitrogens is 1. The number of nitrogens with one attached hydrogen (secondary N) is 1. The van der Waals surface area contributed by atoms with Crippen LogP contribution in [0.4, 0.5) is 16.2 Å². The van der Waals surface area contributed by atoms with Gasteiger partial charge in [0.25, 0.3) is 0 Å². The maximum Gasteiger partial charge on any atom is 0.326 e. The van der Waals surface area contributed by atoms with Crippen molar-refractivity contribution in [3.63, 3.8) is 0 Å². The molecule has 1 saturated heterocycles. The van der Waals surface area contributed by atoms with Gasteiger partial charge in [0.1, 0.15) is 0 Å². The quantitative estimate of drug-likeness (QED) is 0.671. The Labute approximate surface area is 194 Å². The fourth-order valence-corrected chi connectivity index (χ4v) is 6.75. The molecular weight excluding hydrogens is 444 g/mol. The fourth-order valence-electron chi connectivity index (χ4n) is 5.38. The SMILES string of the molecule is Cn1ccc(N(C2CCOCC2)S(=O)(=O)N([O-])C(=O)Nc2c3c(cc4c2CCC4)CCC3)c1. The number of anilines is 2. The highest BCUT2D eigenvalue weighted by Crippen LogP contribution is 2.39. The molecular formula is C23H29N4O5S-. The van der Waals surface area contributed by atoms with Crippen LogP contribution in [0.15, 0.2) is 24.5 Å². The molecule has 10 heteroatoms. The van der Waals surface area contributed by atoms with Crippen LogP contribution in [0.5, 0.6) is 0 Å². The molecule has 0 saturated carbocycles. The van der Waals surface area contributed by atoms with Gasteiger partial charge in [-0.25, -0.2) is 9.10 Å². The van der Waals surface area contributed by atoms with E-state index >= 15 is 0 Å². The third kappa shape index (κ3) is 4.00. The monoisotopic (exact) mass is 473 g/mol. The number of hydrogen-bond acceptors (Lipinski definition) is 5. The van der Waals surface area contributed by atoms with Gasteiger partial charge < -0.3 is 19.8 Å². The summed E-state index contributed by atoms with van der Waals surface area (Å²) in [5, 5.41) is 15.8. The Morgan fingerprint density at radius 2 is 1.76 bits per heavy atom. The molecule has 0 atom stereocenters. The van der Waals surface area contributed by atoms with Crippen LogP contribution < -0.4 is 9.62 Å². The van der Waals surface area contributed by atoms with Crippen molar-refractivity contribution in [3.05, 3.63) is 52.0 Å². The fraction of sp³-hybridized carbons (Fsp3) is 0.522. The predicted octanol–water partition coefficient (Wildman–Crippen LogP) is 3.26. The van der Waals surface area contributed by atoms with Crippen LogP contribution in [-0.2, 0) is 47.7 Å². The lowest BCUT2D eigenvalue weighted by Gasteiger charge is -2.39. The highest BCUT2D eigenvalue weighted by Gasteiger charge is 2.36. The number of urea groups is 1. The van der Waals surface area contributed by atoms with Crippen LogP contribution in [0.3, 0.4) is 0 Å². The Morgan fingerprint density at radius 1 is 1.12 bits per heavy atom. The topological polar surface area (TPSA) is 107 Å². The first-order chi connectivity index (χ1) is 15.9. The van der Waals surface area contributed by atoms with Gasteiger partial charge in [0, 0.05) is 38.3 Å². The Morgan fingerprint density at radius 3 is 2.33 bits per heavy atom. The Balaban J connectivity index is 1.45. The van der Waals surface area contributed by atoms with Crippen LogP contribution in [-0.4, -0.2) is 42.7 Å². The standard InChI is InChI=1S/C23H29N4O5S/c1-25-11-8-19(15-25)26(18-9-12-32-13-10-18)33(30,31)27(29)23(28)24-22-20-6-2-4-16(20)14-17-5-3-7-21(17)22/h8,11,14-15,18H,2-7,9-10,12-13H2,1H3,(H,24,28)/q-1. The molecule has 9 nitrogen and oxygen atoms in total. The van der Waals surface area contributed by atoms with E-state index in [1.165, 1.54) is 11.1 Å². The third-order valence-corrected chi connectivity index (χ3v) is 8.51. The molecule has 33 heavy (non-hydrogen) atoms. The second-order valence-corrected chi connectivity index (χ2v) is 10.7. The average Bonchev–Trinajstić information content (AvgIpc) is 3.55. The van der Waals surface area contributed by atoms with Crippen molar-refractivity contribution in [2.45, 2.75) is 57.4 Å². The molecule has 2 aromatic rings. The van der Waals surface area contributed by atoms with E-state index in [1.807, 2.05) is 0 Å². The van der Waals surface area contributed by atoms with Crippen molar-refractivity contribution in [1.29, 1.82) is 0 Å². The molecule has 0 radical (unpaired) electrons. The van der Waals surface area contributed by atoms with Crippen molar-refractivity contribution in [1.82, 2.24) is 9.04 Å². The molecule has 1 N–H and O–H groups in total. The van der Waals surface area contributed by atoms with E-state index in [-0.39, 0.29) is 4.47 Å². The lowest BCUT2D eigenvalue weighted by atomic mass is 9.99. The average molecular weight is 474 g/mol. The number of hydrogen-bond donors (Lipinski definition) is 1. The Hall–Kier alpha value is -2.56. The maximum atomic E-state index is 13.5. The van der Waals surface area contributed by atoms with Gasteiger partial charge in [0.05, 0.1) is 11.7 Å². The van der Waals surface area contributed by atoms with E-state index in [0.717, 1.165) is 54.0 Å². The predicted molar refractivity (Wildman–Crippen MR) is 125 cm³/mol. The summed E-state index contributed by atoms with van der Waals surface area (Å²) in [6, 6.07) is 2.22. The summed E-state index contributed by atoms with van der Waals surface area (Å²) in [7, 11) is -2.88. The van der Waals surface area contributed by atoms with Crippen LogP contribution in [0.1, 0.15) is 47.9 Å². The number of carbonyl (C=O) groups excluding carboxylic acids is 1. The van der Waals surface area contributed by atoms with Crippen molar-refractivity contribution in [2.24, 2.45) is 7.05 Å². The van der Waals surface area contributed by atoms with E-state index in [2.05, 4.69) is 11.4 Å². The van der Waals surface area contributed by atoms with Crippen LogP contribution >= 0.6 is 0 Å². The first kappa shape index (κ1) is 22.2. The zero-order valence-electron chi connectivity index (χ0n) is 18.7. The van der Waals surface area contributed by atoms with Gasteiger partial charge in [-0.2, -0.15) is 8.42 Å². The summed E-state index contributed by atoms with van der Waals surface area (Å²) >= 11 is 0. The Kier molecular flexibility index (Phi) is 5.84. The van der Waals surface area contributed by atoms with Crippen LogP contribution in [0.2, 0.25) is 0 Å². The van der Waals surface area contributed by atoms with Crippen molar-refractivity contribution in [2.75, 3.05) is 22.8 Å². The highest BCUT2D eigenvalue weighted by atomic mass is 32.2. The first-order valence-corrected chi connectivity index (χ1v) is 12.9. The van der Waals surface area contributed by atoms with Crippen molar-refractivity contribution >= 4 is 27.6 Å². The molecule has 5 rings (SSSR count). The minimum atomic E-state index is -4.66. The summed E-state index contributed by atoms with van der Waals surface area (Å²) in [6.07, 6.45) is 9.75. The molecule has 2 amide bonds. The summed E-state index contributed by atoms with van der Waals surface area (Å²) in [4.78, 5) is 13.0. The molecule has 1 aliphatic heterocycles. The van der Waals surface area contributed by atoms with Gasteiger partial charge in [-0.15, -0.1) is 0 Å². The van der Waals surface area contributed by atoms with Crippen molar-refractivity contribution < 1.29 is 17.9 Å². The van der Waals surface area contributed by atoms with E-state index in [0.29, 0.717) is 37.4 Å². The molecule has 1 aromatic carbocycles. The van der Waals surface area contributed by atoms with Gasteiger partial charge in [-0.05, 0) is 79.7 Å². The number of amides is 2. The second-order valence-electron chi connectivity index (χ2n) is 9.07. The molecule has 1 fully saturated rings. The molecule has 0 unspecified atom stereocenters. The van der Waals surface area contributed by atoms with E-state index in [1.54, 1.807) is 30.1 Å². The third-order valence-electron chi connectivity index (χ3n) is 6.92. The summed E-state index contributed by atoms with van der Waals surface area (Å²) in [5.41, 5.74) is 5.48. The zero-order chi connectivity index (χ0) is 23.2. The van der Waals surface area contributed by atoms with Crippen LogP contribution in [0, 0.1) is 5.21 Å². The van der Waals surface area contributed by atoms with Crippen molar-refractivity contribution in [3.8, 4) is 0 Å². The van der Waals surface area contributed by atoms with Gasteiger partial charge in [0.2, 0.25) is 0 Å². The first-order valence-electron chi connectivity index (χ1n) is 11.6. The van der Waals surface area contributed by atoms with Gasteiger partial charge in [-0.1, -0.05) is 6.07 Å². The number of fused-ring (bicyclic) bond motifs is 2. The van der Waals surface area contributed by atoms with Gasteiger partial charge in [-0.3, -0.25) is 4.47 Å². The summed E-state index contributed by atoms with van der Waals surface area (Å²) in [6.45, 7) is 0.799. The smallest absolute Gasteiger partial charge is 0.326 e. The second kappa shape index (κ2) is 8.66. The summed E-state index contributed by atoms with van der Waals surface area (Å²) < 4.78 is 34.7. The number of hydroxylamine groups is 1. The maximum absolute atomic E-state index is 13.5. The zero-order valence-corrected chi connectivity index (χ0v) is 19.6. The van der Waals surface area contributed by atoms with E-state index in [9.17, 15) is 18.4 Å². The van der Waals surface area contributed by atoms with E-state index < -0.39 is 22.3 Å². The molecule has 2 aliphatic carbocycles. The van der Waals surface area contributed by atoms with Crippen LogP contribution in [0.25, 0.3) is 0 Å². The number of carbonyl (C=O) groups is 1.